The van der Waals surface area contributed by atoms with Crippen LogP contribution in [0.3, 0.4) is 0 Å². The normalized spacial score (nSPS) is 10.6. The lowest BCUT2D eigenvalue weighted by atomic mass is 10.0. The summed E-state index contributed by atoms with van der Waals surface area (Å²) < 4.78 is 46.3. The largest absolute Gasteiger partial charge is 0.425 e. The predicted molar refractivity (Wildman–Crippen MR) is 127 cm³/mol. The summed E-state index contributed by atoms with van der Waals surface area (Å²) in [5.41, 5.74) is 2.43. The number of ether oxygens (including phenoxy) is 1. The maximum absolute atomic E-state index is 14.4. The Labute approximate surface area is 200 Å². The molecular weight excluding hydrogens is 455 g/mol. The first-order valence-corrected chi connectivity index (χ1v) is 10.7. The third-order valence-electron chi connectivity index (χ3n) is 5.26. The first-order chi connectivity index (χ1) is 16.8. The van der Waals surface area contributed by atoms with Crippen LogP contribution in [-0.2, 0) is 11.2 Å². The fraction of sp³-hybridized carbons (Fsp3) is 0.0714. The van der Waals surface area contributed by atoms with E-state index in [4.69, 9.17) is 4.74 Å². The van der Waals surface area contributed by atoms with E-state index in [0.717, 1.165) is 17.7 Å². The van der Waals surface area contributed by atoms with Crippen LogP contribution in [-0.4, -0.2) is 11.9 Å². The van der Waals surface area contributed by atoms with Gasteiger partial charge in [-0.15, -0.1) is 0 Å². The first kappa shape index (κ1) is 23.8. The second kappa shape index (κ2) is 10.3. The smallest absolute Gasteiger partial charge is 0.315 e. The van der Waals surface area contributed by atoms with Gasteiger partial charge in [0.2, 0.25) is 0 Å². The number of rotatable bonds is 6. The summed E-state index contributed by atoms with van der Waals surface area (Å²) in [5, 5.41) is 2.73. The predicted octanol–water partition coefficient (Wildman–Crippen LogP) is 6.48. The van der Waals surface area contributed by atoms with Crippen LogP contribution in [0, 0.1) is 24.4 Å². The molecule has 0 bridgehead atoms. The first-order valence-electron chi connectivity index (χ1n) is 10.7. The van der Waals surface area contributed by atoms with Crippen LogP contribution >= 0.6 is 0 Å². The number of hydrogen-bond donors (Lipinski definition) is 1. The van der Waals surface area contributed by atoms with Crippen LogP contribution in [0.1, 0.15) is 21.5 Å². The van der Waals surface area contributed by atoms with E-state index in [2.05, 4.69) is 5.32 Å². The summed E-state index contributed by atoms with van der Waals surface area (Å²) in [7, 11) is 0. The highest BCUT2D eigenvalue weighted by molar-refractivity contribution is 6.07. The van der Waals surface area contributed by atoms with E-state index in [1.807, 2.05) is 19.1 Å². The number of amides is 1. The molecule has 4 nitrogen and oxygen atoms in total. The highest BCUT2D eigenvalue weighted by atomic mass is 19.1. The van der Waals surface area contributed by atoms with Gasteiger partial charge in [0.25, 0.3) is 5.91 Å². The Balaban J connectivity index is 1.65. The van der Waals surface area contributed by atoms with Crippen molar-refractivity contribution < 1.29 is 27.5 Å². The van der Waals surface area contributed by atoms with Crippen LogP contribution in [0.25, 0.3) is 11.1 Å². The summed E-state index contributed by atoms with van der Waals surface area (Å²) in [6.07, 6.45) is -0.145. The number of esters is 1. The molecule has 4 aromatic rings. The topological polar surface area (TPSA) is 55.4 Å². The van der Waals surface area contributed by atoms with Gasteiger partial charge >= 0.3 is 5.97 Å². The van der Waals surface area contributed by atoms with Gasteiger partial charge in [-0.2, -0.15) is 0 Å². The van der Waals surface area contributed by atoms with Gasteiger partial charge < -0.3 is 10.1 Å². The number of nitrogens with one attached hydrogen (secondary N) is 1. The number of aryl methyl sites for hydroxylation is 1. The molecule has 0 spiro atoms. The van der Waals surface area contributed by atoms with Gasteiger partial charge in [-0.05, 0) is 66.6 Å². The van der Waals surface area contributed by atoms with Crippen molar-refractivity contribution in [3.63, 3.8) is 0 Å². The second-order valence-corrected chi connectivity index (χ2v) is 7.93. The zero-order valence-electron chi connectivity index (χ0n) is 18.6. The molecule has 0 unspecified atom stereocenters. The molecule has 7 heteroatoms. The molecule has 0 radical (unpaired) electrons. The third kappa shape index (κ3) is 5.95. The van der Waals surface area contributed by atoms with Crippen LogP contribution in [0.5, 0.6) is 5.75 Å². The average molecular weight is 475 g/mol. The van der Waals surface area contributed by atoms with Gasteiger partial charge in [0.1, 0.15) is 23.2 Å². The van der Waals surface area contributed by atoms with Crippen molar-refractivity contribution in [2.24, 2.45) is 0 Å². The quantitative estimate of drug-likeness (QED) is 0.257. The molecule has 0 aliphatic rings. The molecule has 0 aliphatic heterocycles. The molecule has 0 heterocycles. The molecule has 1 amide bonds. The number of hydrogen-bond acceptors (Lipinski definition) is 3. The van der Waals surface area contributed by atoms with Crippen LogP contribution in [0.4, 0.5) is 18.9 Å². The monoisotopic (exact) mass is 475 g/mol. The van der Waals surface area contributed by atoms with Crippen molar-refractivity contribution in [1.29, 1.82) is 0 Å². The molecule has 4 aromatic carbocycles. The zero-order valence-corrected chi connectivity index (χ0v) is 18.6. The fourth-order valence-electron chi connectivity index (χ4n) is 3.45. The molecule has 1 N–H and O–H groups in total. The summed E-state index contributed by atoms with van der Waals surface area (Å²) in [6.45, 7) is 1.91. The SMILES string of the molecule is Cc1ccc(NC(=O)c2cc(-c3ccc(F)cc3F)ccc2OC(=O)Cc2ccc(F)cc2)cc1. The van der Waals surface area contributed by atoms with Crippen molar-refractivity contribution in [1.82, 2.24) is 0 Å². The van der Waals surface area contributed by atoms with E-state index in [-0.39, 0.29) is 23.3 Å². The summed E-state index contributed by atoms with van der Waals surface area (Å²) in [6, 6.07) is 19.8. The Hall–Kier alpha value is -4.39. The zero-order chi connectivity index (χ0) is 24.9. The minimum Gasteiger partial charge on any atom is -0.425 e. The van der Waals surface area contributed by atoms with Gasteiger partial charge in [0.15, 0.2) is 0 Å². The van der Waals surface area contributed by atoms with Crippen LogP contribution < -0.4 is 10.1 Å². The number of halogens is 3. The summed E-state index contributed by atoms with van der Waals surface area (Å²) >= 11 is 0. The average Bonchev–Trinajstić information content (AvgIpc) is 2.82. The van der Waals surface area contributed by atoms with Gasteiger partial charge in [-0.1, -0.05) is 35.9 Å². The van der Waals surface area contributed by atoms with Gasteiger partial charge in [0.05, 0.1) is 12.0 Å². The van der Waals surface area contributed by atoms with E-state index in [1.165, 1.54) is 48.5 Å². The molecule has 0 saturated heterocycles. The van der Waals surface area contributed by atoms with Crippen LogP contribution in [0.2, 0.25) is 0 Å². The lowest BCUT2D eigenvalue weighted by molar-refractivity contribution is -0.133. The Morgan fingerprint density at radius 1 is 0.800 bits per heavy atom. The minimum absolute atomic E-state index is 0.0146. The maximum atomic E-state index is 14.4. The number of carbonyl (C=O) groups is 2. The highest BCUT2D eigenvalue weighted by Gasteiger charge is 2.19. The minimum atomic E-state index is -0.795. The summed E-state index contributed by atoms with van der Waals surface area (Å²) in [4.78, 5) is 25.7. The lowest BCUT2D eigenvalue weighted by Crippen LogP contribution is -2.17. The van der Waals surface area contributed by atoms with E-state index in [0.29, 0.717) is 16.8 Å². The maximum Gasteiger partial charge on any atom is 0.315 e. The molecule has 0 aromatic heterocycles. The molecule has 0 fully saturated rings. The van der Waals surface area contributed by atoms with Crippen molar-refractivity contribution in [3.8, 4) is 16.9 Å². The molecule has 4 rings (SSSR count). The molecule has 0 saturated carbocycles. The van der Waals surface area contributed by atoms with Crippen LogP contribution in [0.15, 0.2) is 84.9 Å². The third-order valence-corrected chi connectivity index (χ3v) is 5.26. The molecule has 0 atom stereocenters. The van der Waals surface area contributed by atoms with Gasteiger partial charge in [-0.25, -0.2) is 13.2 Å². The lowest BCUT2D eigenvalue weighted by Gasteiger charge is -2.13. The van der Waals surface area contributed by atoms with E-state index >= 15 is 0 Å². The van der Waals surface area contributed by atoms with Crippen molar-refractivity contribution in [3.05, 3.63) is 119 Å². The highest BCUT2D eigenvalue weighted by Crippen LogP contribution is 2.30. The van der Waals surface area contributed by atoms with Crippen molar-refractivity contribution in [2.45, 2.75) is 13.3 Å². The van der Waals surface area contributed by atoms with Gasteiger partial charge in [-0.3, -0.25) is 9.59 Å². The van der Waals surface area contributed by atoms with E-state index in [9.17, 15) is 22.8 Å². The number of benzene rings is 4. The molecule has 176 valence electrons. The fourth-order valence-corrected chi connectivity index (χ4v) is 3.45. The summed E-state index contributed by atoms with van der Waals surface area (Å²) in [5.74, 6) is -3.23. The van der Waals surface area contributed by atoms with Crippen molar-refractivity contribution >= 4 is 17.6 Å². The Bertz CT molecular complexity index is 1380. The molecule has 35 heavy (non-hydrogen) atoms. The Morgan fingerprint density at radius 2 is 1.49 bits per heavy atom. The van der Waals surface area contributed by atoms with E-state index in [1.54, 1.807) is 12.1 Å². The number of anilines is 1. The molecular formula is C28H20F3NO3. The standard InChI is InChI=1S/C28H20F3NO3/c1-17-2-10-22(11-3-17)32-28(34)24-15-19(23-12-9-21(30)16-25(23)31)6-13-26(24)35-27(33)14-18-4-7-20(29)8-5-18/h2-13,15-16H,14H2,1H3,(H,32,34). The molecule has 0 aliphatic carbocycles. The van der Waals surface area contributed by atoms with Gasteiger partial charge in [0, 0.05) is 17.3 Å². The van der Waals surface area contributed by atoms with E-state index < -0.39 is 29.3 Å². The van der Waals surface area contributed by atoms with Crippen molar-refractivity contribution in [2.75, 3.05) is 5.32 Å². The number of carbonyl (C=O) groups excluding carboxylic acids is 2. The second-order valence-electron chi connectivity index (χ2n) is 7.93. The Morgan fingerprint density at radius 3 is 2.17 bits per heavy atom. The Kier molecular flexibility index (Phi) is 6.96.